The van der Waals surface area contributed by atoms with Gasteiger partial charge < -0.3 is 4.90 Å². The van der Waals surface area contributed by atoms with Gasteiger partial charge >= 0.3 is 0 Å². The van der Waals surface area contributed by atoms with Gasteiger partial charge in [0, 0.05) is 12.6 Å². The molecule has 1 aromatic heterocycles. The van der Waals surface area contributed by atoms with Gasteiger partial charge in [0.05, 0.1) is 17.5 Å². The molecule has 0 spiro atoms. The number of hydrogen-bond acceptors (Lipinski definition) is 2. The highest BCUT2D eigenvalue weighted by atomic mass is 19.1. The molecular formula is C24H26FN3O. The Hall–Kier alpha value is -2.95. The van der Waals surface area contributed by atoms with E-state index in [2.05, 4.69) is 36.3 Å². The van der Waals surface area contributed by atoms with Crippen molar-refractivity contribution in [2.45, 2.75) is 45.6 Å². The summed E-state index contributed by atoms with van der Waals surface area (Å²) in [7, 11) is 0. The average molecular weight is 391 g/mol. The number of halogens is 1. The van der Waals surface area contributed by atoms with Crippen LogP contribution in [0.2, 0.25) is 0 Å². The van der Waals surface area contributed by atoms with Gasteiger partial charge in [0.25, 0.3) is 5.91 Å². The first-order valence-corrected chi connectivity index (χ1v) is 10.3. The fourth-order valence-electron chi connectivity index (χ4n) is 4.28. The number of hydrogen-bond donors (Lipinski definition) is 0. The van der Waals surface area contributed by atoms with Crippen LogP contribution in [0.5, 0.6) is 0 Å². The minimum atomic E-state index is -0.355. The Bertz CT molecular complexity index is 1030. The van der Waals surface area contributed by atoms with E-state index in [0.717, 1.165) is 25.7 Å². The van der Waals surface area contributed by atoms with Crippen LogP contribution in [0.4, 0.5) is 4.39 Å². The van der Waals surface area contributed by atoms with Crippen molar-refractivity contribution in [3.05, 3.63) is 82.9 Å². The third kappa shape index (κ3) is 3.69. The summed E-state index contributed by atoms with van der Waals surface area (Å²) in [6.07, 6.45) is 5.29. The van der Waals surface area contributed by atoms with Gasteiger partial charge in [-0.3, -0.25) is 4.79 Å². The van der Waals surface area contributed by atoms with E-state index in [-0.39, 0.29) is 17.8 Å². The summed E-state index contributed by atoms with van der Waals surface area (Å²) in [6.45, 7) is 4.62. The number of fused-ring (bicyclic) bond motifs is 1. The van der Waals surface area contributed by atoms with Crippen molar-refractivity contribution in [2.24, 2.45) is 0 Å². The number of benzene rings is 2. The Balaban J connectivity index is 1.63. The highest BCUT2D eigenvalue weighted by Crippen LogP contribution is 2.27. The second kappa shape index (κ2) is 8.19. The summed E-state index contributed by atoms with van der Waals surface area (Å²) in [5.74, 6) is -0.372. The monoisotopic (exact) mass is 391 g/mol. The summed E-state index contributed by atoms with van der Waals surface area (Å²) in [6, 6.07) is 15.2. The fourth-order valence-corrected chi connectivity index (χ4v) is 4.28. The van der Waals surface area contributed by atoms with Crippen LogP contribution in [0.15, 0.2) is 54.7 Å². The zero-order valence-corrected chi connectivity index (χ0v) is 16.9. The van der Waals surface area contributed by atoms with Crippen LogP contribution in [0.25, 0.3) is 5.69 Å². The van der Waals surface area contributed by atoms with Crippen LogP contribution >= 0.6 is 0 Å². The van der Waals surface area contributed by atoms with Crippen molar-refractivity contribution in [1.29, 1.82) is 0 Å². The first-order chi connectivity index (χ1) is 14.1. The lowest BCUT2D eigenvalue weighted by molar-refractivity contribution is 0.0661. The molecule has 0 bridgehead atoms. The van der Waals surface area contributed by atoms with E-state index in [9.17, 15) is 9.18 Å². The Labute approximate surface area is 171 Å². The molecule has 1 atom stereocenters. The number of rotatable bonds is 5. The zero-order valence-electron chi connectivity index (χ0n) is 16.9. The zero-order chi connectivity index (χ0) is 20.4. The molecule has 1 amide bonds. The molecule has 0 saturated heterocycles. The predicted octanol–water partition coefficient (Wildman–Crippen LogP) is 4.73. The van der Waals surface area contributed by atoms with Gasteiger partial charge in [0.1, 0.15) is 11.5 Å². The number of aryl methyl sites for hydroxylation is 1. The van der Waals surface area contributed by atoms with Crippen LogP contribution in [-0.4, -0.2) is 33.2 Å². The average Bonchev–Trinajstić information content (AvgIpc) is 3.12. The second-order valence-electron chi connectivity index (χ2n) is 7.67. The van der Waals surface area contributed by atoms with E-state index in [4.69, 9.17) is 0 Å². The Morgan fingerprint density at radius 3 is 2.66 bits per heavy atom. The molecule has 4 nitrogen and oxygen atoms in total. The van der Waals surface area contributed by atoms with E-state index in [0.29, 0.717) is 23.5 Å². The number of amides is 1. The molecule has 2 aromatic carbocycles. The van der Waals surface area contributed by atoms with Crippen molar-refractivity contribution in [1.82, 2.24) is 14.7 Å². The van der Waals surface area contributed by atoms with Crippen LogP contribution in [0, 0.1) is 12.7 Å². The van der Waals surface area contributed by atoms with Gasteiger partial charge in [-0.15, -0.1) is 0 Å². The molecule has 1 unspecified atom stereocenters. The molecule has 5 heteroatoms. The van der Waals surface area contributed by atoms with Gasteiger partial charge in [-0.1, -0.05) is 43.3 Å². The Morgan fingerprint density at radius 1 is 1.17 bits per heavy atom. The van der Waals surface area contributed by atoms with E-state index >= 15 is 0 Å². The predicted molar refractivity (Wildman–Crippen MR) is 112 cm³/mol. The lowest BCUT2D eigenvalue weighted by atomic mass is 9.87. The van der Waals surface area contributed by atoms with Crippen molar-refractivity contribution in [2.75, 3.05) is 6.54 Å². The highest BCUT2D eigenvalue weighted by molar-refractivity contribution is 5.95. The molecule has 0 fully saturated rings. The molecule has 1 heterocycles. The summed E-state index contributed by atoms with van der Waals surface area (Å²) in [5, 5.41) is 4.32. The lowest BCUT2D eigenvalue weighted by Gasteiger charge is -2.35. The minimum absolute atomic E-state index is 0.0173. The molecular weight excluding hydrogens is 365 g/mol. The van der Waals surface area contributed by atoms with Gasteiger partial charge in [-0.2, -0.15) is 5.10 Å². The van der Waals surface area contributed by atoms with Gasteiger partial charge in [-0.25, -0.2) is 9.07 Å². The molecule has 0 radical (unpaired) electrons. The summed E-state index contributed by atoms with van der Waals surface area (Å²) >= 11 is 0. The number of para-hydroxylation sites is 1. The largest absolute Gasteiger partial charge is 0.335 e. The van der Waals surface area contributed by atoms with E-state index < -0.39 is 0 Å². The molecule has 0 aliphatic heterocycles. The smallest absolute Gasteiger partial charge is 0.257 e. The standard InChI is InChI=1S/C24H26FN3O/c1-3-14-27(20-13-12-18-8-4-5-9-19(18)15-20)24(29)21-16-26-28(17(21)2)23-11-7-6-10-22(23)25/h4-11,16,20H,3,12-15H2,1-2H3. The van der Waals surface area contributed by atoms with Crippen LogP contribution in [0.3, 0.4) is 0 Å². The minimum Gasteiger partial charge on any atom is -0.335 e. The number of carbonyl (C=O) groups excluding carboxylic acids is 1. The van der Waals surface area contributed by atoms with E-state index in [1.165, 1.54) is 21.9 Å². The summed E-state index contributed by atoms with van der Waals surface area (Å²) < 4.78 is 15.7. The third-order valence-corrected chi connectivity index (χ3v) is 5.81. The first-order valence-electron chi connectivity index (χ1n) is 10.3. The van der Waals surface area contributed by atoms with E-state index in [1.54, 1.807) is 24.4 Å². The number of nitrogens with zero attached hydrogens (tertiary/aromatic N) is 3. The number of aromatic nitrogens is 2. The van der Waals surface area contributed by atoms with Crippen LogP contribution < -0.4 is 0 Å². The molecule has 0 saturated carbocycles. The molecule has 3 aromatic rings. The van der Waals surface area contributed by atoms with Crippen molar-refractivity contribution in [3.63, 3.8) is 0 Å². The maximum absolute atomic E-state index is 14.2. The van der Waals surface area contributed by atoms with Crippen molar-refractivity contribution >= 4 is 5.91 Å². The SMILES string of the molecule is CCCN(C(=O)c1cnn(-c2ccccc2F)c1C)C1CCc2ccccc2C1. The fraction of sp³-hybridized carbons (Fsp3) is 0.333. The number of carbonyl (C=O) groups is 1. The van der Waals surface area contributed by atoms with Gasteiger partial charge in [0.2, 0.25) is 0 Å². The van der Waals surface area contributed by atoms with Crippen molar-refractivity contribution in [3.8, 4) is 5.69 Å². The quantitative estimate of drug-likeness (QED) is 0.631. The lowest BCUT2D eigenvalue weighted by Crippen LogP contribution is -2.44. The summed E-state index contributed by atoms with van der Waals surface area (Å²) in [4.78, 5) is 15.5. The maximum atomic E-state index is 14.2. The van der Waals surface area contributed by atoms with Gasteiger partial charge in [-0.05, 0) is 55.9 Å². The molecule has 1 aliphatic rings. The van der Waals surface area contributed by atoms with Crippen LogP contribution in [-0.2, 0) is 12.8 Å². The molecule has 1 aliphatic carbocycles. The third-order valence-electron chi connectivity index (χ3n) is 5.81. The normalized spacial score (nSPS) is 15.8. The van der Waals surface area contributed by atoms with Crippen LogP contribution in [0.1, 0.15) is 46.9 Å². The van der Waals surface area contributed by atoms with Crippen molar-refractivity contribution < 1.29 is 9.18 Å². The highest BCUT2D eigenvalue weighted by Gasteiger charge is 2.29. The maximum Gasteiger partial charge on any atom is 0.257 e. The second-order valence-corrected chi connectivity index (χ2v) is 7.67. The Morgan fingerprint density at radius 2 is 1.90 bits per heavy atom. The molecule has 0 N–H and O–H groups in total. The van der Waals surface area contributed by atoms with E-state index in [1.807, 2.05) is 11.8 Å². The molecule has 29 heavy (non-hydrogen) atoms. The first kappa shape index (κ1) is 19.4. The van der Waals surface area contributed by atoms with Gasteiger partial charge in [0.15, 0.2) is 0 Å². The molecule has 150 valence electrons. The summed E-state index contributed by atoms with van der Waals surface area (Å²) in [5.41, 5.74) is 4.28. The Kier molecular flexibility index (Phi) is 5.47. The topological polar surface area (TPSA) is 38.1 Å². The molecule has 4 rings (SSSR count).